The van der Waals surface area contributed by atoms with Crippen molar-refractivity contribution in [3.05, 3.63) is 30.3 Å². The van der Waals surface area contributed by atoms with Crippen molar-refractivity contribution in [2.45, 2.75) is 64.0 Å². The highest BCUT2D eigenvalue weighted by Gasteiger charge is 2.40. The molecule has 9 nitrogen and oxygen atoms in total. The normalized spacial score (nSPS) is 20.5. The summed E-state index contributed by atoms with van der Waals surface area (Å²) in [4.78, 5) is 39.2. The van der Waals surface area contributed by atoms with Crippen molar-refractivity contribution in [3.8, 4) is 0 Å². The van der Waals surface area contributed by atoms with Crippen LogP contribution >= 0.6 is 0 Å². The van der Waals surface area contributed by atoms with E-state index in [2.05, 4.69) is 0 Å². The van der Waals surface area contributed by atoms with Gasteiger partial charge in [-0.2, -0.15) is 0 Å². The lowest BCUT2D eigenvalue weighted by molar-refractivity contribution is -0.139. The molecule has 7 N–H and O–H groups in total. The number of carbonyl (C=O) groups excluding carboxylic acids is 2. The molecule has 1 aliphatic carbocycles. The molecule has 0 spiro atoms. The molecule has 1 aromatic carbocycles. The van der Waals surface area contributed by atoms with Crippen LogP contribution in [0.25, 0.3) is 0 Å². The number of anilines is 1. The first-order chi connectivity index (χ1) is 15.6. The van der Waals surface area contributed by atoms with E-state index in [4.69, 9.17) is 21.9 Å². The minimum atomic E-state index is -1.13. The van der Waals surface area contributed by atoms with E-state index in [0.717, 1.165) is 17.7 Å². The minimum absolute atomic E-state index is 0.0925. The molecule has 0 bridgehead atoms. The monoisotopic (exact) mass is 462 g/mol. The number of rotatable bonds is 10. The van der Waals surface area contributed by atoms with Crippen molar-refractivity contribution in [1.29, 1.82) is 0 Å². The Kier molecular flexibility index (Phi) is 9.82. The van der Waals surface area contributed by atoms with Crippen LogP contribution in [-0.4, -0.2) is 47.8 Å². The fourth-order valence-corrected chi connectivity index (χ4v) is 4.44. The van der Waals surface area contributed by atoms with Gasteiger partial charge in [0.05, 0.1) is 5.69 Å². The fraction of sp³-hybridized carbons (Fsp3) is 0.625. The Labute approximate surface area is 195 Å². The van der Waals surface area contributed by atoms with Gasteiger partial charge in [0.1, 0.15) is 11.6 Å². The van der Waals surface area contributed by atoms with E-state index in [1.165, 1.54) is 0 Å². The van der Waals surface area contributed by atoms with E-state index in [-0.39, 0.29) is 24.8 Å². The van der Waals surface area contributed by atoms with Crippen molar-refractivity contribution in [2.24, 2.45) is 35.0 Å². The molecule has 0 aliphatic heterocycles. The van der Waals surface area contributed by atoms with Gasteiger partial charge in [0.25, 0.3) is 0 Å². The average molecular weight is 463 g/mol. The number of nitrogens with zero attached hydrogens (tertiary/aromatic N) is 1. The van der Waals surface area contributed by atoms with Crippen LogP contribution in [-0.2, 0) is 14.3 Å². The Morgan fingerprint density at radius 3 is 2.24 bits per heavy atom. The maximum atomic E-state index is 13.5. The third-order valence-electron chi connectivity index (χ3n) is 6.65. The second kappa shape index (κ2) is 12.1. The predicted octanol–water partition coefficient (Wildman–Crippen LogP) is 2.47. The predicted molar refractivity (Wildman–Crippen MR) is 126 cm³/mol. The lowest BCUT2D eigenvalue weighted by Crippen LogP contribution is -2.48. The number of hydrogen-bond donors (Lipinski definition) is 4. The lowest BCUT2D eigenvalue weighted by Gasteiger charge is -2.37. The molecule has 0 saturated heterocycles. The second-order valence-electron chi connectivity index (χ2n) is 9.39. The maximum Gasteiger partial charge on any atom is 0.421 e. The first-order valence-electron chi connectivity index (χ1n) is 11.6. The van der Waals surface area contributed by atoms with E-state index >= 15 is 0 Å². The molecule has 0 aromatic heterocycles. The molecular formula is C24H38N4O5. The van der Waals surface area contributed by atoms with Crippen LogP contribution in [0.1, 0.15) is 52.4 Å². The first-order valence-corrected chi connectivity index (χ1v) is 11.6. The number of nitrogens with two attached hydrogens (primary N) is 3. The van der Waals surface area contributed by atoms with Gasteiger partial charge in [-0.15, -0.1) is 0 Å². The van der Waals surface area contributed by atoms with E-state index in [1.807, 2.05) is 0 Å². The summed E-state index contributed by atoms with van der Waals surface area (Å²) in [6, 6.07) is 7.58. The van der Waals surface area contributed by atoms with Crippen molar-refractivity contribution in [2.75, 3.05) is 18.0 Å². The Hall–Kier alpha value is -2.49. The van der Waals surface area contributed by atoms with Crippen molar-refractivity contribution in [1.82, 2.24) is 0 Å². The summed E-state index contributed by atoms with van der Waals surface area (Å²) in [5.74, 6) is -1.71. The highest BCUT2D eigenvalue weighted by atomic mass is 16.6. The number of aliphatic carboxylic acids is 1. The summed E-state index contributed by atoms with van der Waals surface area (Å²) >= 11 is 0. The van der Waals surface area contributed by atoms with Gasteiger partial charge in [-0.3, -0.25) is 9.59 Å². The Morgan fingerprint density at radius 2 is 1.73 bits per heavy atom. The van der Waals surface area contributed by atoms with E-state index in [1.54, 1.807) is 44.2 Å². The van der Waals surface area contributed by atoms with Gasteiger partial charge in [-0.1, -0.05) is 18.2 Å². The number of ether oxygens (including phenoxy) is 1. The Balaban J connectivity index is 2.25. The number of imide groups is 1. The molecule has 0 heterocycles. The molecule has 2 rings (SSSR count). The van der Waals surface area contributed by atoms with Crippen LogP contribution < -0.4 is 22.1 Å². The molecule has 0 radical (unpaired) electrons. The van der Waals surface area contributed by atoms with Crippen LogP contribution in [0.15, 0.2) is 30.3 Å². The maximum absolute atomic E-state index is 13.5. The summed E-state index contributed by atoms with van der Waals surface area (Å²) in [6.45, 7) is 4.27. The third kappa shape index (κ3) is 7.25. The van der Waals surface area contributed by atoms with Gasteiger partial charge in [0, 0.05) is 11.8 Å². The van der Waals surface area contributed by atoms with Crippen LogP contribution in [0.3, 0.4) is 0 Å². The molecule has 1 saturated carbocycles. The van der Waals surface area contributed by atoms with Crippen molar-refractivity contribution < 1.29 is 24.2 Å². The summed E-state index contributed by atoms with van der Waals surface area (Å²) in [5, 5.41) is 9.21. The zero-order valence-electron chi connectivity index (χ0n) is 19.6. The molecule has 1 aromatic rings. The van der Waals surface area contributed by atoms with E-state index in [0.29, 0.717) is 37.4 Å². The SMILES string of the molecule is CC(C)(OC(=O)N(c1ccccc1)C(=O)[C@H]1CC[C@H](CN)CC1)C(CCN)C[C@H](N)C(=O)O. The molecule has 33 heavy (non-hydrogen) atoms. The van der Waals surface area contributed by atoms with Crippen molar-refractivity contribution >= 4 is 23.7 Å². The zero-order chi connectivity index (χ0) is 24.6. The number of hydrogen-bond acceptors (Lipinski definition) is 7. The molecule has 1 aliphatic rings. The summed E-state index contributed by atoms with van der Waals surface area (Å²) in [5.41, 5.74) is 16.6. The van der Waals surface area contributed by atoms with E-state index < -0.39 is 29.6 Å². The Bertz CT molecular complexity index is 793. The highest BCUT2D eigenvalue weighted by molar-refractivity contribution is 6.13. The molecule has 2 atom stereocenters. The van der Waals surface area contributed by atoms with Crippen LogP contribution in [0.5, 0.6) is 0 Å². The molecule has 9 heteroatoms. The number of para-hydroxylation sites is 1. The summed E-state index contributed by atoms with van der Waals surface area (Å²) in [7, 11) is 0. The fourth-order valence-electron chi connectivity index (χ4n) is 4.44. The van der Waals surface area contributed by atoms with Crippen LogP contribution in [0.2, 0.25) is 0 Å². The molecule has 1 unspecified atom stereocenters. The number of benzene rings is 1. The lowest BCUT2D eigenvalue weighted by atomic mass is 9.81. The van der Waals surface area contributed by atoms with Crippen LogP contribution in [0.4, 0.5) is 10.5 Å². The molecule has 2 amide bonds. The molecular weight excluding hydrogens is 424 g/mol. The minimum Gasteiger partial charge on any atom is -0.480 e. The number of carboxylic acids is 1. The number of amides is 2. The van der Waals surface area contributed by atoms with Gasteiger partial charge in [-0.25, -0.2) is 9.69 Å². The molecule has 1 fully saturated rings. The molecule has 184 valence electrons. The largest absolute Gasteiger partial charge is 0.480 e. The topological polar surface area (TPSA) is 162 Å². The zero-order valence-corrected chi connectivity index (χ0v) is 19.6. The van der Waals surface area contributed by atoms with Gasteiger partial charge in [0.15, 0.2) is 0 Å². The van der Waals surface area contributed by atoms with Gasteiger partial charge in [-0.05, 0) is 83.5 Å². The third-order valence-corrected chi connectivity index (χ3v) is 6.65. The van der Waals surface area contributed by atoms with Crippen molar-refractivity contribution in [3.63, 3.8) is 0 Å². The van der Waals surface area contributed by atoms with Crippen LogP contribution in [0, 0.1) is 17.8 Å². The summed E-state index contributed by atoms with van der Waals surface area (Å²) in [6.07, 6.45) is 2.76. The number of carboxylic acid groups (broad SMARTS) is 1. The van der Waals surface area contributed by atoms with E-state index in [9.17, 15) is 19.5 Å². The number of carbonyl (C=O) groups is 3. The highest BCUT2D eigenvalue weighted by Crippen LogP contribution is 2.33. The van der Waals surface area contributed by atoms with Gasteiger partial charge in [0.2, 0.25) is 5.91 Å². The van der Waals surface area contributed by atoms with Gasteiger partial charge < -0.3 is 27.0 Å². The van der Waals surface area contributed by atoms with Gasteiger partial charge >= 0.3 is 12.1 Å². The Morgan fingerprint density at radius 1 is 1.12 bits per heavy atom. The summed E-state index contributed by atoms with van der Waals surface area (Å²) < 4.78 is 5.85. The smallest absolute Gasteiger partial charge is 0.421 e. The average Bonchev–Trinajstić information content (AvgIpc) is 2.79. The standard InChI is InChI=1S/C24H38N4O5/c1-24(2,18(12-13-25)14-20(27)22(30)31)33-23(32)28(19-6-4-3-5-7-19)21(29)17-10-8-16(15-26)9-11-17/h3-7,16-18,20H,8-15,25-27H2,1-2H3,(H,30,31)/t16-,17-,18?,20-/m0/s1. The quantitative estimate of drug-likeness (QED) is 0.412. The second-order valence-corrected chi connectivity index (χ2v) is 9.39. The first kappa shape index (κ1) is 26.8.